The van der Waals surface area contributed by atoms with E-state index in [1.807, 2.05) is 0 Å². The molecule has 0 heterocycles. The Labute approximate surface area is 83.3 Å². The van der Waals surface area contributed by atoms with Gasteiger partial charge in [-0.1, -0.05) is 12.0 Å². The average molecular weight is 186 g/mol. The van der Waals surface area contributed by atoms with Gasteiger partial charge >= 0.3 is 0 Å². The van der Waals surface area contributed by atoms with Gasteiger partial charge in [-0.3, -0.25) is 0 Å². The fourth-order valence-electron chi connectivity index (χ4n) is 1.12. The second-order valence-corrected chi connectivity index (χ2v) is 2.55. The molecule has 0 radical (unpaired) electrons. The predicted molar refractivity (Wildman–Crippen MR) is 55.0 cm³/mol. The van der Waals surface area contributed by atoms with Crippen LogP contribution in [0.4, 0.5) is 5.69 Å². The van der Waals surface area contributed by atoms with E-state index in [0.29, 0.717) is 23.5 Å². The zero-order valence-corrected chi connectivity index (χ0v) is 7.87. The summed E-state index contributed by atoms with van der Waals surface area (Å²) in [5.74, 6) is 3.07. The van der Waals surface area contributed by atoms with Crippen LogP contribution in [0.1, 0.15) is 5.56 Å². The maximum Gasteiger partial charge on any atom is 0.143 e. The van der Waals surface area contributed by atoms with Crippen LogP contribution < -0.4 is 10.1 Å². The number of rotatable bonds is 3. The Morgan fingerprint density at radius 3 is 2.93 bits per heavy atom. The lowest BCUT2D eigenvalue weighted by Gasteiger charge is -2.10. The van der Waals surface area contributed by atoms with Gasteiger partial charge in [-0.2, -0.15) is 5.26 Å². The highest BCUT2D eigenvalue weighted by atomic mass is 16.5. The summed E-state index contributed by atoms with van der Waals surface area (Å²) in [6.07, 6.45) is 5.12. The molecule has 1 aromatic rings. The van der Waals surface area contributed by atoms with Crippen molar-refractivity contribution in [3.63, 3.8) is 0 Å². The molecule has 0 aliphatic rings. The summed E-state index contributed by atoms with van der Waals surface area (Å²) in [5.41, 5.74) is 1.18. The van der Waals surface area contributed by atoms with Gasteiger partial charge in [0.25, 0.3) is 0 Å². The lowest BCUT2D eigenvalue weighted by molar-refractivity contribution is 0.416. The fraction of sp³-hybridized carbons (Fsp3) is 0.182. The molecule has 1 rings (SSSR count). The van der Waals surface area contributed by atoms with Crippen LogP contribution >= 0.6 is 0 Å². The Hall–Kier alpha value is -2.13. The van der Waals surface area contributed by atoms with Crippen LogP contribution in [0.5, 0.6) is 5.75 Å². The molecule has 1 N–H and O–H groups in total. The van der Waals surface area contributed by atoms with Crippen LogP contribution in [0.3, 0.4) is 0 Å². The van der Waals surface area contributed by atoms with E-state index < -0.39 is 0 Å². The van der Waals surface area contributed by atoms with Crippen molar-refractivity contribution in [2.24, 2.45) is 0 Å². The number of nitrogens with zero attached hydrogens (tertiary/aromatic N) is 1. The van der Waals surface area contributed by atoms with E-state index >= 15 is 0 Å². The van der Waals surface area contributed by atoms with Gasteiger partial charge in [-0.15, -0.1) is 6.42 Å². The third-order valence-electron chi connectivity index (χ3n) is 1.73. The summed E-state index contributed by atoms with van der Waals surface area (Å²) in [6.45, 7) is 0.370. The normalized spacial score (nSPS) is 8.50. The molecule has 0 aliphatic heterocycles. The van der Waals surface area contributed by atoms with Crippen molar-refractivity contribution in [1.29, 1.82) is 5.26 Å². The lowest BCUT2D eigenvalue weighted by Crippen LogP contribution is -2.02. The highest BCUT2D eigenvalue weighted by Crippen LogP contribution is 2.27. The van der Waals surface area contributed by atoms with Crippen LogP contribution in [0, 0.1) is 23.7 Å². The standard InChI is InChI=1S/C11H10N2O/c1-3-7-13-11-9(8-12)5-4-6-10(11)14-2/h1,4-6,13H,7H2,2H3. The molecule has 3 heteroatoms. The summed E-state index contributed by atoms with van der Waals surface area (Å²) in [4.78, 5) is 0. The van der Waals surface area contributed by atoms with Crippen LogP contribution in [0.15, 0.2) is 18.2 Å². The fourth-order valence-corrected chi connectivity index (χ4v) is 1.12. The number of nitrogens with one attached hydrogen (secondary N) is 1. The summed E-state index contributed by atoms with van der Waals surface area (Å²) in [7, 11) is 1.55. The Balaban J connectivity index is 3.09. The highest BCUT2D eigenvalue weighted by Gasteiger charge is 2.06. The SMILES string of the molecule is C#CCNc1c(C#N)cccc1OC. The Morgan fingerprint density at radius 2 is 2.36 bits per heavy atom. The van der Waals surface area contributed by atoms with Gasteiger partial charge in [-0.05, 0) is 12.1 Å². The van der Waals surface area contributed by atoms with E-state index in [1.165, 1.54) is 0 Å². The first-order chi connectivity index (χ1) is 6.83. The third-order valence-corrected chi connectivity index (χ3v) is 1.73. The molecular weight excluding hydrogens is 176 g/mol. The second kappa shape index (κ2) is 4.79. The summed E-state index contributed by atoms with van der Waals surface area (Å²) < 4.78 is 5.10. The number of para-hydroxylation sites is 1. The highest BCUT2D eigenvalue weighted by molar-refractivity contribution is 5.66. The van der Waals surface area contributed by atoms with Crippen molar-refractivity contribution >= 4 is 5.69 Å². The molecule has 0 amide bonds. The Morgan fingerprint density at radius 1 is 1.57 bits per heavy atom. The van der Waals surface area contributed by atoms with Crippen LogP contribution in [-0.4, -0.2) is 13.7 Å². The minimum Gasteiger partial charge on any atom is -0.495 e. The number of benzene rings is 1. The second-order valence-electron chi connectivity index (χ2n) is 2.55. The number of hydrogen-bond acceptors (Lipinski definition) is 3. The van der Waals surface area contributed by atoms with Gasteiger partial charge in [-0.25, -0.2) is 0 Å². The molecule has 0 bridgehead atoms. The average Bonchev–Trinajstić information content (AvgIpc) is 2.25. The van der Waals surface area contributed by atoms with E-state index in [9.17, 15) is 0 Å². The predicted octanol–water partition coefficient (Wildman–Crippen LogP) is 1.61. The number of terminal acetylenes is 1. The molecular formula is C11H10N2O. The molecule has 0 aromatic heterocycles. The minimum atomic E-state index is 0.370. The number of methoxy groups -OCH3 is 1. The summed E-state index contributed by atoms with van der Waals surface area (Å²) >= 11 is 0. The zero-order valence-electron chi connectivity index (χ0n) is 7.87. The van der Waals surface area contributed by atoms with E-state index in [0.717, 1.165) is 0 Å². The van der Waals surface area contributed by atoms with E-state index in [-0.39, 0.29) is 0 Å². The molecule has 3 nitrogen and oxygen atoms in total. The number of ether oxygens (including phenoxy) is 1. The summed E-state index contributed by atoms with van der Waals surface area (Å²) in [5, 5.41) is 11.8. The molecule has 14 heavy (non-hydrogen) atoms. The van der Waals surface area contributed by atoms with Gasteiger partial charge in [0.2, 0.25) is 0 Å². The molecule has 0 saturated heterocycles. The lowest BCUT2D eigenvalue weighted by atomic mass is 10.2. The molecule has 70 valence electrons. The zero-order chi connectivity index (χ0) is 10.4. The number of hydrogen-bond donors (Lipinski definition) is 1. The quantitative estimate of drug-likeness (QED) is 0.729. The van der Waals surface area contributed by atoms with Crippen molar-refractivity contribution in [2.45, 2.75) is 0 Å². The Bertz CT molecular complexity index is 399. The monoisotopic (exact) mass is 186 g/mol. The van der Waals surface area contributed by atoms with E-state index in [4.69, 9.17) is 16.4 Å². The van der Waals surface area contributed by atoms with Gasteiger partial charge < -0.3 is 10.1 Å². The first-order valence-electron chi connectivity index (χ1n) is 4.08. The maximum atomic E-state index is 8.84. The molecule has 0 saturated carbocycles. The Kier molecular flexibility index (Phi) is 3.41. The molecule has 1 aromatic carbocycles. The first kappa shape index (κ1) is 9.95. The molecule has 0 fully saturated rings. The van der Waals surface area contributed by atoms with Crippen molar-refractivity contribution in [1.82, 2.24) is 0 Å². The topological polar surface area (TPSA) is 45.0 Å². The first-order valence-corrected chi connectivity index (χ1v) is 4.08. The summed E-state index contributed by atoms with van der Waals surface area (Å²) in [6, 6.07) is 7.32. The molecule has 0 aliphatic carbocycles. The third kappa shape index (κ3) is 1.97. The van der Waals surface area contributed by atoms with Crippen molar-refractivity contribution in [3.05, 3.63) is 23.8 Å². The number of nitriles is 1. The maximum absolute atomic E-state index is 8.84. The molecule has 0 atom stereocenters. The smallest absolute Gasteiger partial charge is 0.143 e. The van der Waals surface area contributed by atoms with E-state index in [2.05, 4.69) is 17.3 Å². The van der Waals surface area contributed by atoms with Crippen molar-refractivity contribution in [3.8, 4) is 24.2 Å². The van der Waals surface area contributed by atoms with Gasteiger partial charge in [0.15, 0.2) is 0 Å². The van der Waals surface area contributed by atoms with Crippen molar-refractivity contribution in [2.75, 3.05) is 19.0 Å². The largest absolute Gasteiger partial charge is 0.495 e. The minimum absolute atomic E-state index is 0.370. The molecule has 0 unspecified atom stereocenters. The van der Waals surface area contributed by atoms with Gasteiger partial charge in [0, 0.05) is 0 Å². The van der Waals surface area contributed by atoms with Crippen molar-refractivity contribution < 1.29 is 4.74 Å². The van der Waals surface area contributed by atoms with E-state index in [1.54, 1.807) is 25.3 Å². The molecule has 0 spiro atoms. The van der Waals surface area contributed by atoms with Crippen LogP contribution in [0.25, 0.3) is 0 Å². The van der Waals surface area contributed by atoms with Crippen LogP contribution in [0.2, 0.25) is 0 Å². The van der Waals surface area contributed by atoms with Gasteiger partial charge in [0.05, 0.1) is 24.9 Å². The number of anilines is 1. The van der Waals surface area contributed by atoms with Crippen LogP contribution in [-0.2, 0) is 0 Å². The van der Waals surface area contributed by atoms with Gasteiger partial charge in [0.1, 0.15) is 11.8 Å².